The molecule has 42 heavy (non-hydrogen) atoms. The highest BCUT2D eigenvalue weighted by atomic mass is 19.3. The van der Waals surface area contributed by atoms with Gasteiger partial charge in [-0.25, -0.2) is 18.7 Å². The number of aromatic nitrogens is 3. The monoisotopic (exact) mass is 580 g/mol. The molecular formula is C32H38F2N4O4. The van der Waals surface area contributed by atoms with Crippen LogP contribution in [0.4, 0.5) is 20.4 Å². The van der Waals surface area contributed by atoms with E-state index in [9.17, 15) is 18.7 Å². The molecule has 3 aromatic heterocycles. The number of carbonyl (C=O) groups excluding carboxylic acids is 1. The largest absolute Gasteiger partial charge is 0.465 e. The van der Waals surface area contributed by atoms with Gasteiger partial charge in [0.1, 0.15) is 17.2 Å². The highest BCUT2D eigenvalue weighted by Crippen LogP contribution is 2.41. The van der Waals surface area contributed by atoms with Crippen molar-refractivity contribution in [1.29, 1.82) is 0 Å². The lowest BCUT2D eigenvalue weighted by molar-refractivity contribution is -0.153. The van der Waals surface area contributed by atoms with E-state index in [1.54, 1.807) is 13.1 Å². The Morgan fingerprint density at radius 3 is 2.52 bits per heavy atom. The zero-order chi connectivity index (χ0) is 29.7. The number of carbonyl (C=O) groups is 1. The SMILES string of the molecule is Cc1cc(Nc2cc(C(F)F)ccn2)nc(-c2ccc([C@](C)(O)C3CCC(C(=O)OCC4CCOCC4)CC3)nc2)c1. The van der Waals surface area contributed by atoms with Gasteiger partial charge in [-0.05, 0) is 106 Å². The molecule has 0 amide bonds. The van der Waals surface area contributed by atoms with E-state index in [1.807, 2.05) is 31.2 Å². The third-order valence-corrected chi connectivity index (χ3v) is 8.50. The van der Waals surface area contributed by atoms with Crippen molar-refractivity contribution in [2.45, 2.75) is 64.4 Å². The van der Waals surface area contributed by atoms with E-state index in [0.717, 1.165) is 37.2 Å². The number of hydrogen-bond acceptors (Lipinski definition) is 8. The highest BCUT2D eigenvalue weighted by molar-refractivity contribution is 5.72. The molecule has 1 aliphatic heterocycles. The van der Waals surface area contributed by atoms with Crippen LogP contribution in [0.3, 0.4) is 0 Å². The van der Waals surface area contributed by atoms with Gasteiger partial charge in [-0.15, -0.1) is 0 Å². The Balaban J connectivity index is 1.20. The Bertz CT molecular complexity index is 1350. The van der Waals surface area contributed by atoms with Gasteiger partial charge < -0.3 is 19.9 Å². The van der Waals surface area contributed by atoms with Gasteiger partial charge in [0.2, 0.25) is 0 Å². The number of aliphatic hydroxyl groups is 1. The molecule has 0 aromatic carbocycles. The maximum atomic E-state index is 13.1. The van der Waals surface area contributed by atoms with Gasteiger partial charge in [-0.3, -0.25) is 9.78 Å². The first-order chi connectivity index (χ1) is 20.2. The van der Waals surface area contributed by atoms with Crippen LogP contribution in [0, 0.1) is 24.7 Å². The van der Waals surface area contributed by atoms with E-state index in [-0.39, 0.29) is 29.2 Å². The summed E-state index contributed by atoms with van der Waals surface area (Å²) in [4.78, 5) is 26.0. The molecule has 5 rings (SSSR count). The second kappa shape index (κ2) is 13.2. The number of rotatable bonds is 9. The summed E-state index contributed by atoms with van der Waals surface area (Å²) in [6, 6.07) is 9.99. The lowest BCUT2D eigenvalue weighted by Gasteiger charge is -2.37. The van der Waals surface area contributed by atoms with E-state index in [4.69, 9.17) is 9.47 Å². The molecule has 0 bridgehead atoms. The van der Waals surface area contributed by atoms with Crippen molar-refractivity contribution in [2.75, 3.05) is 25.1 Å². The van der Waals surface area contributed by atoms with Crippen LogP contribution >= 0.6 is 0 Å². The molecule has 1 saturated carbocycles. The lowest BCUT2D eigenvalue weighted by atomic mass is 9.73. The number of pyridine rings is 3. The zero-order valence-corrected chi connectivity index (χ0v) is 24.1. The van der Waals surface area contributed by atoms with Crippen molar-refractivity contribution in [1.82, 2.24) is 15.0 Å². The second-order valence-corrected chi connectivity index (χ2v) is 11.6. The summed E-state index contributed by atoms with van der Waals surface area (Å²) < 4.78 is 37.2. The fourth-order valence-electron chi connectivity index (χ4n) is 5.84. The molecule has 1 atom stereocenters. The molecular weight excluding hydrogens is 542 g/mol. The number of nitrogens with one attached hydrogen (secondary N) is 1. The van der Waals surface area contributed by atoms with E-state index in [0.29, 0.717) is 55.4 Å². The molecule has 224 valence electrons. The highest BCUT2D eigenvalue weighted by Gasteiger charge is 2.39. The zero-order valence-electron chi connectivity index (χ0n) is 24.1. The predicted octanol–water partition coefficient (Wildman–Crippen LogP) is 6.51. The fourth-order valence-corrected chi connectivity index (χ4v) is 5.84. The van der Waals surface area contributed by atoms with Gasteiger partial charge in [-0.2, -0.15) is 0 Å². The van der Waals surface area contributed by atoms with Crippen LogP contribution in [0.1, 0.15) is 68.7 Å². The third-order valence-electron chi connectivity index (χ3n) is 8.50. The van der Waals surface area contributed by atoms with Crippen LogP contribution in [0.2, 0.25) is 0 Å². The molecule has 0 spiro atoms. The van der Waals surface area contributed by atoms with Gasteiger partial charge in [0.15, 0.2) is 0 Å². The minimum absolute atomic E-state index is 0.0280. The van der Waals surface area contributed by atoms with Crippen LogP contribution in [-0.4, -0.2) is 45.8 Å². The van der Waals surface area contributed by atoms with Crippen molar-refractivity contribution in [3.63, 3.8) is 0 Å². The molecule has 2 N–H and O–H groups in total. The Labute approximate surface area is 244 Å². The molecule has 2 fully saturated rings. The number of alkyl halides is 2. The van der Waals surface area contributed by atoms with E-state index >= 15 is 0 Å². The van der Waals surface area contributed by atoms with Crippen LogP contribution in [0.15, 0.2) is 48.8 Å². The number of nitrogens with zero attached hydrogens (tertiary/aromatic N) is 3. The quantitative estimate of drug-likeness (QED) is 0.276. The molecule has 0 unspecified atom stereocenters. The number of halogens is 2. The molecule has 1 aliphatic carbocycles. The average Bonchev–Trinajstić information content (AvgIpc) is 3.00. The van der Waals surface area contributed by atoms with Crippen LogP contribution < -0.4 is 5.32 Å². The van der Waals surface area contributed by atoms with Crippen molar-refractivity contribution < 1.29 is 28.2 Å². The van der Waals surface area contributed by atoms with Gasteiger partial charge in [-0.1, -0.05) is 0 Å². The molecule has 2 aliphatic rings. The molecule has 0 radical (unpaired) electrons. The third kappa shape index (κ3) is 7.28. The van der Waals surface area contributed by atoms with Gasteiger partial charge in [0.25, 0.3) is 6.43 Å². The van der Waals surface area contributed by atoms with E-state index in [1.165, 1.54) is 18.3 Å². The van der Waals surface area contributed by atoms with Crippen molar-refractivity contribution in [3.8, 4) is 11.3 Å². The Hall–Kier alpha value is -3.50. The van der Waals surface area contributed by atoms with Crippen molar-refractivity contribution >= 4 is 17.6 Å². The first-order valence-electron chi connectivity index (χ1n) is 14.6. The molecule has 1 saturated heterocycles. The molecule has 3 aromatic rings. The maximum Gasteiger partial charge on any atom is 0.308 e. The Morgan fingerprint density at radius 2 is 1.83 bits per heavy atom. The molecule has 10 heteroatoms. The van der Waals surface area contributed by atoms with Crippen molar-refractivity contribution in [2.24, 2.45) is 17.8 Å². The number of aryl methyl sites for hydroxylation is 1. The minimum Gasteiger partial charge on any atom is -0.465 e. The van der Waals surface area contributed by atoms with E-state index < -0.39 is 12.0 Å². The predicted molar refractivity (Wildman–Crippen MR) is 154 cm³/mol. The topological polar surface area (TPSA) is 106 Å². The van der Waals surface area contributed by atoms with Gasteiger partial charge in [0, 0.05) is 36.7 Å². The number of esters is 1. The summed E-state index contributed by atoms with van der Waals surface area (Å²) in [7, 11) is 0. The fraction of sp³-hybridized carbons (Fsp3) is 0.500. The van der Waals surface area contributed by atoms with Gasteiger partial charge in [0.05, 0.1) is 23.9 Å². The first kappa shape index (κ1) is 30.0. The van der Waals surface area contributed by atoms with Crippen LogP contribution in [-0.2, 0) is 19.9 Å². The van der Waals surface area contributed by atoms with E-state index in [2.05, 4.69) is 20.3 Å². The standard InChI is InChI=1S/C32H38F2N4O4/c1-20-15-26(37-29(16-20)38-28-17-23(30(33)34)9-12-35-28)24-5-8-27(36-18-24)32(2,40)25-6-3-22(4-7-25)31(39)42-19-21-10-13-41-14-11-21/h5,8-9,12,15-18,21-22,25,30,40H,3-4,6-7,10-11,13-14,19H2,1-2H3,(H,35,37,38)/t22?,25?,32-/m1/s1. The normalized spacial score (nSPS) is 21.1. The second-order valence-electron chi connectivity index (χ2n) is 11.6. The summed E-state index contributed by atoms with van der Waals surface area (Å²) in [6.45, 7) is 5.64. The number of ether oxygens (including phenoxy) is 2. The minimum atomic E-state index is -2.59. The van der Waals surface area contributed by atoms with Crippen LogP contribution in [0.5, 0.6) is 0 Å². The maximum absolute atomic E-state index is 13.1. The Kier molecular flexibility index (Phi) is 9.43. The molecule has 4 heterocycles. The number of hydrogen-bond donors (Lipinski definition) is 2. The smallest absolute Gasteiger partial charge is 0.308 e. The first-order valence-corrected chi connectivity index (χ1v) is 14.6. The van der Waals surface area contributed by atoms with Crippen LogP contribution in [0.25, 0.3) is 11.3 Å². The summed E-state index contributed by atoms with van der Waals surface area (Å²) >= 11 is 0. The summed E-state index contributed by atoms with van der Waals surface area (Å²) in [6.07, 6.45) is 5.09. The average molecular weight is 581 g/mol. The lowest BCUT2D eigenvalue weighted by Crippen LogP contribution is -2.37. The van der Waals surface area contributed by atoms with Gasteiger partial charge >= 0.3 is 5.97 Å². The van der Waals surface area contributed by atoms with Crippen molar-refractivity contribution in [3.05, 3.63) is 65.6 Å². The summed E-state index contributed by atoms with van der Waals surface area (Å²) in [5.41, 5.74) is 1.63. The Morgan fingerprint density at radius 1 is 1.07 bits per heavy atom. The molecule has 8 nitrogen and oxygen atoms in total. The summed E-state index contributed by atoms with van der Waals surface area (Å²) in [5.74, 6) is 0.856. The number of anilines is 2. The summed E-state index contributed by atoms with van der Waals surface area (Å²) in [5, 5.41) is 14.5.